The molecule has 0 saturated heterocycles. The van der Waals surface area contributed by atoms with Crippen LogP contribution in [0, 0.1) is 5.92 Å². The van der Waals surface area contributed by atoms with Gasteiger partial charge in [-0.15, -0.1) is 0 Å². The number of hydrazone groups is 1. The number of carbonyl (C=O) groups excluding carboxylic acids is 2. The summed E-state index contributed by atoms with van der Waals surface area (Å²) in [6.07, 6.45) is 1.52. The van der Waals surface area contributed by atoms with E-state index in [1.54, 1.807) is 30.3 Å². The van der Waals surface area contributed by atoms with Crippen LogP contribution in [0.5, 0.6) is 11.5 Å². The lowest BCUT2D eigenvalue weighted by Gasteiger charge is -2.20. The van der Waals surface area contributed by atoms with Crippen molar-refractivity contribution in [3.63, 3.8) is 0 Å². The van der Waals surface area contributed by atoms with Crippen molar-refractivity contribution in [2.45, 2.75) is 33.4 Å². The van der Waals surface area contributed by atoms with Crippen LogP contribution in [0.4, 0.5) is 0 Å². The summed E-state index contributed by atoms with van der Waals surface area (Å²) in [5.74, 6) is 0.204. The van der Waals surface area contributed by atoms with E-state index < -0.39 is 11.9 Å². The highest BCUT2D eigenvalue weighted by Crippen LogP contribution is 2.30. The Kier molecular flexibility index (Phi) is 9.76. The van der Waals surface area contributed by atoms with Crippen LogP contribution in [-0.4, -0.2) is 30.7 Å². The van der Waals surface area contributed by atoms with E-state index >= 15 is 0 Å². The molecule has 1 unspecified atom stereocenters. The van der Waals surface area contributed by atoms with Gasteiger partial charge in [-0.05, 0) is 71.1 Å². The largest absolute Gasteiger partial charge is 0.490 e. The number of benzene rings is 4. The number of rotatable bonds is 11. The molecule has 0 aliphatic heterocycles. The monoisotopic (exact) mass is 557 g/mol. The van der Waals surface area contributed by atoms with Gasteiger partial charge >= 0.3 is 0 Å². The highest BCUT2D eigenvalue weighted by Gasteiger charge is 2.24. The third kappa shape index (κ3) is 7.39. The summed E-state index contributed by atoms with van der Waals surface area (Å²) in [7, 11) is 0. The van der Waals surface area contributed by atoms with Gasteiger partial charge in [-0.3, -0.25) is 9.59 Å². The minimum absolute atomic E-state index is 0.166. The van der Waals surface area contributed by atoms with Crippen LogP contribution < -0.4 is 20.2 Å². The van der Waals surface area contributed by atoms with Crippen LogP contribution in [0.3, 0.4) is 0 Å². The Balaban J connectivity index is 1.41. The lowest BCUT2D eigenvalue weighted by Crippen LogP contribution is -2.48. The summed E-state index contributed by atoms with van der Waals surface area (Å²) >= 11 is 5.99. The smallest absolute Gasteiger partial charge is 0.262 e. The number of hydrogen-bond acceptors (Lipinski definition) is 5. The molecule has 8 heteroatoms. The first kappa shape index (κ1) is 28.6. The summed E-state index contributed by atoms with van der Waals surface area (Å²) in [6, 6.07) is 25.6. The Morgan fingerprint density at radius 2 is 1.70 bits per heavy atom. The van der Waals surface area contributed by atoms with Crippen molar-refractivity contribution in [1.29, 1.82) is 0 Å². The fourth-order valence-electron chi connectivity index (χ4n) is 4.20. The molecule has 4 aromatic rings. The first-order valence-corrected chi connectivity index (χ1v) is 13.5. The Morgan fingerprint density at radius 1 is 0.925 bits per heavy atom. The molecule has 0 spiro atoms. The molecule has 2 amide bonds. The lowest BCUT2D eigenvalue weighted by molar-refractivity contribution is -0.123. The molecule has 4 aromatic carbocycles. The molecule has 40 heavy (non-hydrogen) atoms. The Labute approximate surface area is 239 Å². The number of hydrogen-bond donors (Lipinski definition) is 2. The van der Waals surface area contributed by atoms with Crippen LogP contribution in [0.15, 0.2) is 90.0 Å². The number of fused-ring (bicyclic) bond motifs is 1. The Morgan fingerprint density at radius 3 is 2.48 bits per heavy atom. The maximum atomic E-state index is 12.8. The first-order valence-electron chi connectivity index (χ1n) is 13.1. The number of carbonyl (C=O) groups is 2. The molecule has 0 aromatic heterocycles. The number of nitrogens with zero attached hydrogens (tertiary/aromatic N) is 1. The van der Waals surface area contributed by atoms with Gasteiger partial charge in [0, 0.05) is 10.6 Å². The van der Waals surface area contributed by atoms with Crippen LogP contribution in [-0.2, 0) is 11.4 Å². The van der Waals surface area contributed by atoms with Gasteiger partial charge in [0.15, 0.2) is 11.5 Å². The molecule has 0 aliphatic rings. The van der Waals surface area contributed by atoms with Crippen molar-refractivity contribution >= 4 is 40.4 Å². The summed E-state index contributed by atoms with van der Waals surface area (Å²) in [6.45, 7) is 6.45. The highest BCUT2D eigenvalue weighted by molar-refractivity contribution is 6.31. The first-order chi connectivity index (χ1) is 19.4. The maximum absolute atomic E-state index is 12.8. The van der Waals surface area contributed by atoms with E-state index in [-0.39, 0.29) is 11.8 Å². The molecular weight excluding hydrogens is 526 g/mol. The van der Waals surface area contributed by atoms with Crippen LogP contribution in [0.2, 0.25) is 5.02 Å². The zero-order valence-corrected chi connectivity index (χ0v) is 23.4. The van der Waals surface area contributed by atoms with E-state index in [4.69, 9.17) is 21.1 Å². The van der Waals surface area contributed by atoms with E-state index in [2.05, 4.69) is 34.0 Å². The fraction of sp³-hybridized carbons (Fsp3) is 0.219. The van der Waals surface area contributed by atoms with Gasteiger partial charge < -0.3 is 14.8 Å². The van der Waals surface area contributed by atoms with E-state index in [0.29, 0.717) is 40.9 Å². The number of halogens is 1. The molecule has 0 heterocycles. The SMILES string of the molecule is CCOc1cc(C=NNC(=O)C(NC(=O)c2cccc(Cl)c2)C(C)C)ccc1OCc1cccc2ccccc12. The van der Waals surface area contributed by atoms with Crippen molar-refractivity contribution in [1.82, 2.24) is 10.7 Å². The molecule has 206 valence electrons. The third-order valence-electron chi connectivity index (χ3n) is 6.24. The van der Waals surface area contributed by atoms with Gasteiger partial charge in [-0.25, -0.2) is 5.43 Å². The number of ether oxygens (including phenoxy) is 2. The highest BCUT2D eigenvalue weighted by atomic mass is 35.5. The molecule has 0 aliphatic carbocycles. The summed E-state index contributed by atoms with van der Waals surface area (Å²) in [5.41, 5.74) is 4.70. The summed E-state index contributed by atoms with van der Waals surface area (Å²) in [5, 5.41) is 9.61. The zero-order valence-electron chi connectivity index (χ0n) is 22.7. The van der Waals surface area contributed by atoms with E-state index in [0.717, 1.165) is 16.3 Å². The average Bonchev–Trinajstić information content (AvgIpc) is 2.95. The average molecular weight is 558 g/mol. The minimum Gasteiger partial charge on any atom is -0.490 e. The molecule has 0 fully saturated rings. The fourth-order valence-corrected chi connectivity index (χ4v) is 4.39. The van der Waals surface area contributed by atoms with Gasteiger partial charge in [0.1, 0.15) is 12.6 Å². The third-order valence-corrected chi connectivity index (χ3v) is 6.48. The van der Waals surface area contributed by atoms with Crippen molar-refractivity contribution in [2.75, 3.05) is 6.61 Å². The van der Waals surface area contributed by atoms with E-state index in [1.165, 1.54) is 6.21 Å². The number of nitrogens with one attached hydrogen (secondary N) is 2. The quantitative estimate of drug-likeness (QED) is 0.165. The van der Waals surface area contributed by atoms with E-state index in [9.17, 15) is 9.59 Å². The maximum Gasteiger partial charge on any atom is 0.262 e. The van der Waals surface area contributed by atoms with Gasteiger partial charge in [-0.2, -0.15) is 5.10 Å². The standard InChI is InChI=1S/C32H32ClN3O4/c1-4-39-29-17-22(15-16-28(29)40-20-25-12-7-10-23-9-5-6-14-27(23)25)19-34-36-32(38)30(21(2)3)35-31(37)24-11-8-13-26(33)18-24/h5-19,21,30H,4,20H2,1-3H3,(H,35,37)(H,36,38). The lowest BCUT2D eigenvalue weighted by atomic mass is 10.0. The zero-order chi connectivity index (χ0) is 28.5. The van der Waals surface area contributed by atoms with Crippen molar-refractivity contribution in [3.05, 3.63) is 107 Å². The molecule has 0 saturated carbocycles. The number of amides is 2. The van der Waals surface area contributed by atoms with E-state index in [1.807, 2.05) is 57.2 Å². The summed E-state index contributed by atoms with van der Waals surface area (Å²) < 4.78 is 11.9. The molecule has 4 rings (SSSR count). The van der Waals surface area contributed by atoms with Gasteiger partial charge in [-0.1, -0.05) is 74.0 Å². The van der Waals surface area contributed by atoms with Gasteiger partial charge in [0.2, 0.25) is 0 Å². The molecule has 2 N–H and O–H groups in total. The van der Waals surface area contributed by atoms with Crippen LogP contribution in [0.1, 0.15) is 42.3 Å². The Bertz CT molecular complexity index is 1510. The summed E-state index contributed by atoms with van der Waals surface area (Å²) in [4.78, 5) is 25.5. The minimum atomic E-state index is -0.785. The molecule has 1 atom stereocenters. The van der Waals surface area contributed by atoms with Crippen molar-refractivity contribution in [2.24, 2.45) is 11.0 Å². The second-order valence-electron chi connectivity index (χ2n) is 9.51. The van der Waals surface area contributed by atoms with Crippen molar-refractivity contribution in [3.8, 4) is 11.5 Å². The molecular formula is C32H32ClN3O4. The molecule has 7 nitrogen and oxygen atoms in total. The van der Waals surface area contributed by atoms with Crippen LogP contribution in [0.25, 0.3) is 10.8 Å². The Hall–Kier alpha value is -4.36. The van der Waals surface area contributed by atoms with Gasteiger partial charge in [0.05, 0.1) is 12.8 Å². The van der Waals surface area contributed by atoms with Crippen molar-refractivity contribution < 1.29 is 19.1 Å². The second kappa shape index (κ2) is 13.6. The van der Waals surface area contributed by atoms with Crippen LogP contribution >= 0.6 is 11.6 Å². The van der Waals surface area contributed by atoms with Gasteiger partial charge in [0.25, 0.3) is 11.8 Å². The molecule has 0 radical (unpaired) electrons. The normalized spacial score (nSPS) is 11.9. The second-order valence-corrected chi connectivity index (χ2v) is 9.94. The predicted molar refractivity (Wildman–Crippen MR) is 159 cm³/mol. The topological polar surface area (TPSA) is 89.0 Å². The molecule has 0 bridgehead atoms. The predicted octanol–water partition coefficient (Wildman–Crippen LogP) is 6.38.